The molecule has 0 unspecified atom stereocenters. The summed E-state index contributed by atoms with van der Waals surface area (Å²) in [7, 11) is 5.96. The zero-order chi connectivity index (χ0) is 58.8. The van der Waals surface area contributed by atoms with E-state index in [0.29, 0.717) is 49.8 Å². The van der Waals surface area contributed by atoms with Crippen LogP contribution in [0.4, 0.5) is 17.1 Å². The summed E-state index contributed by atoms with van der Waals surface area (Å²) in [5.74, 6) is -0.0198. The van der Waals surface area contributed by atoms with Crippen molar-refractivity contribution in [1.29, 1.82) is 0 Å². The van der Waals surface area contributed by atoms with Crippen LogP contribution in [0.5, 0.6) is 0 Å². The molecule has 0 fully saturated rings. The third-order valence-electron chi connectivity index (χ3n) is 15.3. The summed E-state index contributed by atoms with van der Waals surface area (Å²) in [6.45, 7) is 11.1. The first kappa shape index (κ1) is 56.8. The molecule has 12 nitrogen and oxygen atoms in total. The number of fused-ring (bicyclic) bond motifs is 5. The standard InChI is InChI=1S/2C23H20N2O2S2.C20H16N2O2S2/c2*1-4-25-21(27)20(23-24(3)17-10-9-13(2)11-18(17)28-23)29-22(25)16-12-14-7-5-6-8-15(14)19(16)26;1-12-7-9-13(10-8-12)15(23)11-17-21-19(24)18(26-17)20-22(2)14-5-3-4-6-16(14)25-20/h2*5-11H,4,12H2,1-3H3;3-11H,1-2H3,(H,21,24)/b2*22-16-,23-20+;17-11+,20-18-. The van der Waals surface area contributed by atoms with Crippen LogP contribution in [0.1, 0.15) is 72.7 Å². The van der Waals surface area contributed by atoms with Crippen LogP contribution >= 0.6 is 69.3 Å². The molecule has 0 spiro atoms. The Hall–Kier alpha value is -7.71. The summed E-state index contributed by atoms with van der Waals surface area (Å²) >= 11 is 9.06. The number of carbonyl (C=O) groups excluding carboxylic acids is 3. The van der Waals surface area contributed by atoms with E-state index in [1.807, 2.05) is 132 Å². The van der Waals surface area contributed by atoms with E-state index in [2.05, 4.69) is 65.0 Å². The highest BCUT2D eigenvalue weighted by Crippen LogP contribution is 2.47. The number of para-hydroxylation sites is 1. The zero-order valence-corrected chi connectivity index (χ0v) is 52.1. The summed E-state index contributed by atoms with van der Waals surface area (Å²) in [6.07, 6.45) is 2.67. The van der Waals surface area contributed by atoms with Crippen molar-refractivity contribution in [2.24, 2.45) is 0 Å². The highest BCUT2D eigenvalue weighted by atomic mass is 32.2. The van der Waals surface area contributed by atoms with Gasteiger partial charge in [-0.25, -0.2) is 0 Å². The number of H-pyrrole nitrogens is 1. The van der Waals surface area contributed by atoms with E-state index in [1.54, 1.807) is 56.6 Å². The maximum atomic E-state index is 13.3. The molecule has 3 aromatic heterocycles. The third-order valence-corrected chi connectivity index (χ3v) is 22.8. The van der Waals surface area contributed by atoms with Gasteiger partial charge in [-0.3, -0.25) is 37.9 Å². The van der Waals surface area contributed by atoms with Crippen LogP contribution in [-0.2, 0) is 25.9 Å². The van der Waals surface area contributed by atoms with Gasteiger partial charge in [-0.2, -0.15) is 0 Å². The Morgan fingerprint density at radius 1 is 0.500 bits per heavy atom. The lowest BCUT2D eigenvalue weighted by Crippen LogP contribution is -2.34. The number of aromatic amines is 1. The second kappa shape index (κ2) is 23.0. The van der Waals surface area contributed by atoms with Gasteiger partial charge in [0, 0.05) is 95.7 Å². The second-order valence-electron chi connectivity index (χ2n) is 20.8. The number of nitrogens with zero attached hydrogens (tertiary/aromatic N) is 5. The quantitative estimate of drug-likeness (QED) is 0.169. The maximum Gasteiger partial charge on any atom is 0.271 e. The Labute approximate surface area is 508 Å². The fraction of sp³-hybridized carbons (Fsp3) is 0.182. The van der Waals surface area contributed by atoms with Gasteiger partial charge in [-0.1, -0.05) is 138 Å². The number of carbonyl (C=O) groups is 3. The molecule has 0 saturated heterocycles. The zero-order valence-electron chi connectivity index (χ0n) is 47.2. The minimum atomic E-state index is -0.167. The van der Waals surface area contributed by atoms with E-state index < -0.39 is 0 Å². The van der Waals surface area contributed by atoms with Crippen molar-refractivity contribution in [2.45, 2.75) is 75.2 Å². The Morgan fingerprint density at radius 2 is 0.929 bits per heavy atom. The molecule has 14 rings (SSSR count). The Bertz CT molecular complexity index is 4660. The fourth-order valence-electron chi connectivity index (χ4n) is 10.8. The van der Waals surface area contributed by atoms with Crippen molar-refractivity contribution in [3.05, 3.63) is 237 Å². The number of anilines is 3. The number of nitrogens with one attached hydrogen (secondary N) is 1. The molecule has 2 aliphatic carbocycles. The van der Waals surface area contributed by atoms with E-state index in [0.717, 1.165) is 95.1 Å². The van der Waals surface area contributed by atoms with Crippen LogP contribution in [0.2, 0.25) is 0 Å². The molecular weight excluding hydrogens is 1170 g/mol. The highest BCUT2D eigenvalue weighted by molar-refractivity contribution is 8.09. The number of aromatic nitrogens is 3. The van der Waals surface area contributed by atoms with Gasteiger partial charge in [0.2, 0.25) is 0 Å². The number of aryl methyl sites for hydroxylation is 3. The topological polar surface area (TPSA) is 138 Å². The second-order valence-corrected chi connectivity index (χ2v) is 26.9. The van der Waals surface area contributed by atoms with Gasteiger partial charge in [0.05, 0.1) is 21.7 Å². The lowest BCUT2D eigenvalue weighted by Gasteiger charge is -2.12. The molecule has 6 aromatic carbocycles. The number of thiazole rings is 3. The number of hydrogen-bond donors (Lipinski definition) is 1. The van der Waals surface area contributed by atoms with E-state index in [9.17, 15) is 28.8 Å². The first-order valence-corrected chi connectivity index (χ1v) is 32.2. The average molecular weight is 1220 g/mol. The van der Waals surface area contributed by atoms with Gasteiger partial charge >= 0.3 is 0 Å². The number of rotatable bonds is 4. The van der Waals surface area contributed by atoms with Gasteiger partial charge < -0.3 is 19.7 Å². The molecule has 0 amide bonds. The van der Waals surface area contributed by atoms with Crippen molar-refractivity contribution in [3.8, 4) is 0 Å². The molecule has 9 aromatic rings. The summed E-state index contributed by atoms with van der Waals surface area (Å²) in [6, 6.07) is 43.6. The fourth-order valence-corrected chi connectivity index (χ4v) is 18.4. The summed E-state index contributed by atoms with van der Waals surface area (Å²) in [5, 5.41) is 2.77. The number of thioether (sulfide) groups is 3. The Morgan fingerprint density at radius 3 is 1.40 bits per heavy atom. The lowest BCUT2D eigenvalue weighted by molar-refractivity contribution is 0.105. The van der Waals surface area contributed by atoms with Crippen molar-refractivity contribution in [2.75, 3.05) is 35.8 Å². The van der Waals surface area contributed by atoms with Crippen LogP contribution < -0.4 is 59.0 Å². The Kier molecular flexibility index (Phi) is 15.6. The predicted octanol–water partition coefficient (Wildman–Crippen LogP) is 8.99. The molecule has 3 aliphatic heterocycles. The number of benzene rings is 6. The monoisotopic (exact) mass is 1220 g/mol. The summed E-state index contributed by atoms with van der Waals surface area (Å²) < 4.78 is 7.71. The molecule has 84 heavy (non-hydrogen) atoms. The number of Topliss-reactive ketones (excluding diaryl/α,β-unsaturated/α-hetero) is 3. The molecule has 0 radical (unpaired) electrons. The lowest BCUT2D eigenvalue weighted by atomic mass is 10.1. The van der Waals surface area contributed by atoms with Crippen LogP contribution in [0, 0.1) is 20.8 Å². The van der Waals surface area contributed by atoms with Crippen LogP contribution in [-0.4, -0.2) is 52.6 Å². The van der Waals surface area contributed by atoms with E-state index in [4.69, 9.17) is 0 Å². The molecule has 1 N–H and O–H groups in total. The van der Waals surface area contributed by atoms with E-state index >= 15 is 0 Å². The third kappa shape index (κ3) is 10.3. The van der Waals surface area contributed by atoms with Gasteiger partial charge in [-0.15, -0.1) is 34.0 Å². The highest BCUT2D eigenvalue weighted by Gasteiger charge is 2.31. The van der Waals surface area contributed by atoms with Crippen LogP contribution in [0.3, 0.4) is 0 Å². The molecule has 6 heterocycles. The largest absolute Gasteiger partial charge is 0.337 e. The van der Waals surface area contributed by atoms with Crippen molar-refractivity contribution in [1.82, 2.24) is 14.1 Å². The maximum absolute atomic E-state index is 13.3. The summed E-state index contributed by atoms with van der Waals surface area (Å²) in [5.41, 5.74) is 12.3. The first-order valence-electron chi connectivity index (χ1n) is 27.3. The summed E-state index contributed by atoms with van der Waals surface area (Å²) in [4.78, 5) is 90.0. The minimum Gasteiger partial charge on any atom is -0.337 e. The van der Waals surface area contributed by atoms with Gasteiger partial charge in [0.25, 0.3) is 16.7 Å². The molecule has 0 bridgehead atoms. The minimum absolute atomic E-state index is 0.0114. The normalized spacial score (nSPS) is 18.1. The van der Waals surface area contributed by atoms with Crippen LogP contribution in [0.15, 0.2) is 163 Å². The Balaban J connectivity index is 0.000000124. The predicted molar refractivity (Wildman–Crippen MR) is 349 cm³/mol. The van der Waals surface area contributed by atoms with Crippen molar-refractivity contribution >= 4 is 136 Å². The SMILES string of the molecule is CCn1c(=O)/c(=C2\Sc3cc(C)ccc3N2C)s/c1=C1/Cc2ccccc2C1=O.CCn1c(=O)/c(=C2\Sc3cc(C)ccc3N2C)s/c1=C1/Cc2ccccc2C1=O.Cc1ccc(C(=O)/C=c2\[nH]c(=O)/c(=C3/Sc4ccccc4N3C)s2)cc1. The molecule has 0 saturated carbocycles. The van der Waals surface area contributed by atoms with Crippen LogP contribution in [0.25, 0.3) is 32.3 Å². The molecular formula is C66H56N6O6S6. The molecule has 422 valence electrons. The van der Waals surface area contributed by atoms with Crippen molar-refractivity contribution in [3.63, 3.8) is 0 Å². The number of ketones is 3. The molecule has 18 heteroatoms. The van der Waals surface area contributed by atoms with Gasteiger partial charge in [0.1, 0.15) is 38.0 Å². The molecule has 5 aliphatic rings. The van der Waals surface area contributed by atoms with Crippen molar-refractivity contribution < 1.29 is 14.4 Å². The van der Waals surface area contributed by atoms with Gasteiger partial charge in [0.15, 0.2) is 17.3 Å². The smallest absolute Gasteiger partial charge is 0.271 e. The average Bonchev–Trinajstić information content (AvgIpc) is 2.16. The van der Waals surface area contributed by atoms with E-state index in [1.165, 1.54) is 51.2 Å². The van der Waals surface area contributed by atoms with E-state index in [-0.39, 0.29) is 34.0 Å². The van der Waals surface area contributed by atoms with Gasteiger partial charge in [-0.05, 0) is 93.3 Å². The number of hydrogen-bond acceptors (Lipinski definition) is 15. The first-order chi connectivity index (χ1) is 40.5. The molecule has 0 atom stereocenters.